The lowest BCUT2D eigenvalue weighted by Gasteiger charge is -2.26. The number of nitrogens with one attached hydrogen (secondary N) is 2. The lowest BCUT2D eigenvalue weighted by Crippen LogP contribution is -2.44. The highest BCUT2D eigenvalue weighted by molar-refractivity contribution is 7.92. The Labute approximate surface area is 159 Å². The topological polar surface area (TPSA) is 103 Å². The SMILES string of the molecule is CCN(C(=O)C(C)S(=O)(=O)CC(F)(F)F)/C(=C/Nc1cccnc1)C(=N)Cl. The second-order valence-corrected chi connectivity index (χ2v) is 8.08. The van der Waals surface area contributed by atoms with Gasteiger partial charge in [0.15, 0.2) is 9.84 Å². The van der Waals surface area contributed by atoms with Crippen LogP contribution >= 0.6 is 11.6 Å². The molecule has 0 aromatic carbocycles. The summed E-state index contributed by atoms with van der Waals surface area (Å²) in [5, 5.41) is 7.79. The Bertz CT molecular complexity index is 813. The maximum Gasteiger partial charge on any atom is 0.402 e. The Balaban J connectivity index is 3.13. The van der Waals surface area contributed by atoms with Crippen LogP contribution in [-0.4, -0.2) is 53.1 Å². The van der Waals surface area contributed by atoms with E-state index < -0.39 is 38.1 Å². The smallest absolute Gasteiger partial charge is 0.358 e. The molecule has 1 amide bonds. The Kier molecular flexibility index (Phi) is 7.78. The molecule has 1 aromatic rings. The van der Waals surface area contributed by atoms with E-state index in [1.54, 1.807) is 12.1 Å². The molecule has 150 valence electrons. The van der Waals surface area contributed by atoms with Crippen LogP contribution in [0.25, 0.3) is 0 Å². The Hall–Kier alpha value is -2.14. The molecule has 12 heteroatoms. The number of halogens is 4. The minimum atomic E-state index is -4.97. The van der Waals surface area contributed by atoms with Gasteiger partial charge in [0.05, 0.1) is 17.6 Å². The van der Waals surface area contributed by atoms with Gasteiger partial charge >= 0.3 is 6.18 Å². The van der Waals surface area contributed by atoms with Crippen molar-refractivity contribution in [2.24, 2.45) is 0 Å². The van der Waals surface area contributed by atoms with Gasteiger partial charge in [-0.2, -0.15) is 13.2 Å². The summed E-state index contributed by atoms with van der Waals surface area (Å²) in [5.74, 6) is -3.23. The van der Waals surface area contributed by atoms with Gasteiger partial charge in [-0.25, -0.2) is 8.42 Å². The molecule has 1 rings (SSSR count). The maximum atomic E-state index is 12.5. The third-order valence-corrected chi connectivity index (χ3v) is 5.59. The number of carbonyl (C=O) groups excluding carboxylic acids is 1. The molecule has 1 unspecified atom stereocenters. The summed E-state index contributed by atoms with van der Waals surface area (Å²) < 4.78 is 61.2. The number of allylic oxidation sites excluding steroid dienone is 1. The minimum Gasteiger partial charge on any atom is -0.358 e. The van der Waals surface area contributed by atoms with E-state index in [1.807, 2.05) is 0 Å². The molecule has 1 aromatic heterocycles. The summed E-state index contributed by atoms with van der Waals surface area (Å²) in [5.41, 5.74) is 0.302. The summed E-state index contributed by atoms with van der Waals surface area (Å²) in [6.07, 6.45) is -0.823. The van der Waals surface area contributed by atoms with E-state index >= 15 is 0 Å². The second kappa shape index (κ2) is 9.18. The number of rotatable bonds is 8. The van der Waals surface area contributed by atoms with Crippen molar-refractivity contribution >= 4 is 38.2 Å². The molecule has 1 heterocycles. The number of anilines is 1. The molecule has 0 fully saturated rings. The largest absolute Gasteiger partial charge is 0.402 e. The number of pyridine rings is 1. The first-order valence-corrected chi connectivity index (χ1v) is 9.69. The summed E-state index contributed by atoms with van der Waals surface area (Å²) in [7, 11) is -4.79. The summed E-state index contributed by atoms with van der Waals surface area (Å²) in [6, 6.07) is 3.25. The first-order chi connectivity index (χ1) is 12.4. The summed E-state index contributed by atoms with van der Waals surface area (Å²) in [6.45, 7) is 2.23. The Morgan fingerprint density at radius 3 is 2.56 bits per heavy atom. The van der Waals surface area contributed by atoms with Crippen LogP contribution in [0.4, 0.5) is 18.9 Å². The maximum absolute atomic E-state index is 12.5. The number of amides is 1. The van der Waals surface area contributed by atoms with Gasteiger partial charge < -0.3 is 10.2 Å². The van der Waals surface area contributed by atoms with Crippen LogP contribution in [0.2, 0.25) is 0 Å². The zero-order valence-electron chi connectivity index (χ0n) is 14.4. The van der Waals surface area contributed by atoms with Gasteiger partial charge in [0.1, 0.15) is 16.2 Å². The number of nitrogens with zero attached hydrogens (tertiary/aromatic N) is 2. The van der Waals surface area contributed by atoms with Crippen LogP contribution in [0.1, 0.15) is 13.8 Å². The van der Waals surface area contributed by atoms with Crippen molar-refractivity contribution in [3.05, 3.63) is 36.4 Å². The molecule has 1 atom stereocenters. The zero-order valence-corrected chi connectivity index (χ0v) is 16.0. The molecule has 0 bridgehead atoms. The van der Waals surface area contributed by atoms with Crippen LogP contribution in [0.3, 0.4) is 0 Å². The molecular weight excluding hydrogens is 409 g/mol. The van der Waals surface area contributed by atoms with Crippen molar-refractivity contribution in [1.82, 2.24) is 9.88 Å². The van der Waals surface area contributed by atoms with Gasteiger partial charge in [-0.05, 0) is 26.0 Å². The predicted molar refractivity (Wildman–Crippen MR) is 96.2 cm³/mol. The van der Waals surface area contributed by atoms with Crippen LogP contribution in [0.15, 0.2) is 36.4 Å². The monoisotopic (exact) mass is 426 g/mol. The van der Waals surface area contributed by atoms with Gasteiger partial charge in [-0.15, -0.1) is 0 Å². The van der Waals surface area contributed by atoms with E-state index in [9.17, 15) is 26.4 Å². The van der Waals surface area contributed by atoms with Crippen molar-refractivity contribution in [1.29, 1.82) is 5.41 Å². The quantitative estimate of drug-likeness (QED) is 0.622. The number of hydrogen-bond donors (Lipinski definition) is 2. The van der Waals surface area contributed by atoms with Crippen molar-refractivity contribution in [2.45, 2.75) is 25.3 Å². The minimum absolute atomic E-state index is 0.111. The summed E-state index contributed by atoms with van der Waals surface area (Å²) >= 11 is 5.69. The lowest BCUT2D eigenvalue weighted by atomic mass is 10.3. The first kappa shape index (κ1) is 22.9. The van der Waals surface area contributed by atoms with E-state index in [0.717, 1.165) is 11.8 Å². The number of aromatic nitrogens is 1. The van der Waals surface area contributed by atoms with Crippen molar-refractivity contribution in [3.63, 3.8) is 0 Å². The third kappa shape index (κ3) is 6.83. The molecule has 0 saturated heterocycles. The number of hydrogen-bond acceptors (Lipinski definition) is 6. The molecule has 0 aliphatic rings. The fraction of sp³-hybridized carbons (Fsp3) is 0.400. The summed E-state index contributed by atoms with van der Waals surface area (Å²) in [4.78, 5) is 17.2. The van der Waals surface area contributed by atoms with Gasteiger partial charge in [0, 0.05) is 18.9 Å². The predicted octanol–water partition coefficient (Wildman–Crippen LogP) is 2.77. The second-order valence-electron chi connectivity index (χ2n) is 5.38. The van der Waals surface area contributed by atoms with Gasteiger partial charge in [0.2, 0.25) is 5.91 Å². The highest BCUT2D eigenvalue weighted by Gasteiger charge is 2.41. The number of alkyl halides is 3. The van der Waals surface area contributed by atoms with E-state index in [0.29, 0.717) is 5.69 Å². The van der Waals surface area contributed by atoms with Crippen LogP contribution < -0.4 is 5.32 Å². The van der Waals surface area contributed by atoms with Crippen LogP contribution in [0, 0.1) is 5.41 Å². The van der Waals surface area contributed by atoms with Crippen LogP contribution in [-0.2, 0) is 14.6 Å². The van der Waals surface area contributed by atoms with Gasteiger partial charge in [-0.3, -0.25) is 15.2 Å². The van der Waals surface area contributed by atoms with E-state index in [-0.39, 0.29) is 12.2 Å². The van der Waals surface area contributed by atoms with Gasteiger partial charge in [0.25, 0.3) is 0 Å². The number of carbonyl (C=O) groups is 1. The van der Waals surface area contributed by atoms with Crippen molar-refractivity contribution < 1.29 is 26.4 Å². The molecular formula is C15H18ClF3N4O3S. The fourth-order valence-corrected chi connectivity index (χ4v) is 3.33. The van der Waals surface area contributed by atoms with Crippen molar-refractivity contribution in [2.75, 3.05) is 17.6 Å². The molecule has 2 N–H and O–H groups in total. The lowest BCUT2D eigenvalue weighted by molar-refractivity contribution is -0.128. The van der Waals surface area contributed by atoms with Crippen molar-refractivity contribution in [3.8, 4) is 0 Å². The van der Waals surface area contributed by atoms with Crippen LogP contribution in [0.5, 0.6) is 0 Å². The van der Waals surface area contributed by atoms with E-state index in [1.165, 1.54) is 25.5 Å². The molecule has 7 nitrogen and oxygen atoms in total. The first-order valence-electron chi connectivity index (χ1n) is 7.60. The Morgan fingerprint density at radius 2 is 2.11 bits per heavy atom. The number of sulfone groups is 1. The highest BCUT2D eigenvalue weighted by atomic mass is 35.5. The molecule has 0 aliphatic carbocycles. The highest BCUT2D eigenvalue weighted by Crippen LogP contribution is 2.22. The molecule has 0 spiro atoms. The molecule has 0 saturated carbocycles. The fourth-order valence-electron chi connectivity index (χ4n) is 2.03. The van der Waals surface area contributed by atoms with E-state index in [4.69, 9.17) is 17.0 Å². The molecule has 27 heavy (non-hydrogen) atoms. The van der Waals surface area contributed by atoms with Gasteiger partial charge in [-0.1, -0.05) is 11.6 Å². The standard InChI is InChI=1S/C15H18ClF3N4O3S/c1-3-23(14(24)10(2)27(25,26)9-15(17,18)19)12(13(16)20)8-22-11-5-4-6-21-7-11/h4-8,10,20,22H,3,9H2,1-2H3/b12-8+,20-13?. The third-order valence-electron chi connectivity index (χ3n) is 3.39. The average Bonchev–Trinajstić information content (AvgIpc) is 2.55. The van der Waals surface area contributed by atoms with E-state index in [2.05, 4.69) is 10.3 Å². The zero-order chi connectivity index (χ0) is 20.8. The normalized spacial score (nSPS) is 13.8. The molecule has 0 radical (unpaired) electrons. The Morgan fingerprint density at radius 1 is 1.48 bits per heavy atom. The molecule has 0 aliphatic heterocycles. The average molecular weight is 427 g/mol.